The molecule has 3 N–H and O–H groups in total. The Hall–Kier alpha value is 0.500. The molecule has 11 heavy (non-hydrogen) atoms. The number of hydrogen-bond donors (Lipinski definition) is 3. The minimum atomic E-state index is -3.97. The van der Waals surface area contributed by atoms with Gasteiger partial charge in [0.25, 0.3) is 0 Å². The van der Waals surface area contributed by atoms with Crippen LogP contribution in [0.5, 0.6) is 0 Å². The van der Waals surface area contributed by atoms with E-state index in [0.717, 1.165) is 0 Å². The van der Waals surface area contributed by atoms with E-state index in [0.29, 0.717) is 6.29 Å². The van der Waals surface area contributed by atoms with E-state index < -0.39 is 7.60 Å². The quantitative estimate of drug-likeness (QED) is 0.510. The fourth-order valence-corrected chi connectivity index (χ4v) is 1.93. The Bertz CT molecular complexity index is 147. The summed E-state index contributed by atoms with van der Waals surface area (Å²) in [6.45, 7) is 0.197. The van der Waals surface area contributed by atoms with Crippen LogP contribution in [-0.2, 0) is 4.57 Å². The first kappa shape index (κ1) is 11.5. The van der Waals surface area contributed by atoms with Gasteiger partial charge >= 0.3 is 7.60 Å². The van der Waals surface area contributed by atoms with Crippen LogP contribution < -0.4 is 0 Å². The van der Waals surface area contributed by atoms with Crippen LogP contribution in [0.15, 0.2) is 0 Å². The second kappa shape index (κ2) is 5.20. The van der Waals surface area contributed by atoms with Gasteiger partial charge in [-0.3, -0.25) is 9.46 Å². The zero-order valence-electron chi connectivity index (χ0n) is 6.05. The van der Waals surface area contributed by atoms with Gasteiger partial charge in [-0.25, -0.2) is 0 Å². The van der Waals surface area contributed by atoms with Crippen molar-refractivity contribution in [3.63, 3.8) is 0 Å². The van der Waals surface area contributed by atoms with Gasteiger partial charge in [-0.2, -0.15) is 0 Å². The van der Waals surface area contributed by atoms with Crippen molar-refractivity contribution in [1.82, 2.24) is 4.90 Å². The van der Waals surface area contributed by atoms with Crippen LogP contribution in [0.3, 0.4) is 0 Å². The number of rotatable bonds is 5. The number of hydrogen-bond acceptors (Lipinski definition) is 3. The van der Waals surface area contributed by atoms with Gasteiger partial charge in [0.15, 0.2) is 0 Å². The Balaban J connectivity index is 3.78. The highest BCUT2D eigenvalue weighted by Gasteiger charge is 2.16. The third-order valence-electron chi connectivity index (χ3n) is 1.06. The highest BCUT2D eigenvalue weighted by Crippen LogP contribution is 2.34. The first-order valence-corrected chi connectivity index (χ1v) is 5.69. The second-order valence-electron chi connectivity index (χ2n) is 2.11. The third-order valence-corrected chi connectivity index (χ3v) is 2.34. The van der Waals surface area contributed by atoms with E-state index in [-0.39, 0.29) is 19.4 Å². The Morgan fingerprint density at radius 2 is 2.00 bits per heavy atom. The predicted molar refractivity (Wildman–Crippen MR) is 45.3 cm³/mol. The predicted octanol–water partition coefficient (Wildman–Crippen LogP) is -0.752. The van der Waals surface area contributed by atoms with E-state index in [4.69, 9.17) is 14.9 Å². The molecule has 0 aliphatic rings. The molecule has 0 heterocycles. The Morgan fingerprint density at radius 1 is 1.45 bits per heavy atom. The molecule has 0 fully saturated rings. The summed E-state index contributed by atoms with van der Waals surface area (Å²) >= 11 is 0. The zero-order chi connectivity index (χ0) is 8.91. The second-order valence-corrected chi connectivity index (χ2v) is 4.08. The molecule has 5 nitrogen and oxygen atoms in total. The third kappa shape index (κ3) is 6.88. The maximum atomic E-state index is 10.4. The van der Waals surface area contributed by atoms with E-state index in [1.54, 1.807) is 0 Å². The van der Waals surface area contributed by atoms with Gasteiger partial charge < -0.3 is 14.9 Å². The van der Waals surface area contributed by atoms with Crippen LogP contribution >= 0.6 is 16.8 Å². The Labute approximate surface area is 67.8 Å². The van der Waals surface area contributed by atoms with Crippen molar-refractivity contribution in [1.29, 1.82) is 0 Å². The molecule has 0 radical (unpaired) electrons. The summed E-state index contributed by atoms with van der Waals surface area (Å²) < 4.78 is 10.4. The van der Waals surface area contributed by atoms with Crippen molar-refractivity contribution in [2.45, 2.75) is 0 Å². The van der Waals surface area contributed by atoms with E-state index in [1.807, 2.05) is 0 Å². The van der Waals surface area contributed by atoms with Gasteiger partial charge in [0.2, 0.25) is 0 Å². The molecule has 0 bridgehead atoms. The summed E-state index contributed by atoms with van der Waals surface area (Å²) in [5.74, 6) is 0. The van der Waals surface area contributed by atoms with Crippen LogP contribution in [0.2, 0.25) is 0 Å². The van der Waals surface area contributed by atoms with Crippen LogP contribution in [0.1, 0.15) is 0 Å². The first-order chi connectivity index (χ1) is 4.99. The fourth-order valence-electron chi connectivity index (χ4n) is 0.622. The van der Waals surface area contributed by atoms with E-state index in [9.17, 15) is 4.57 Å². The van der Waals surface area contributed by atoms with Crippen molar-refractivity contribution in [3.05, 3.63) is 0 Å². The van der Waals surface area contributed by atoms with Crippen molar-refractivity contribution in [3.8, 4) is 0 Å². The lowest BCUT2D eigenvalue weighted by Crippen LogP contribution is -2.26. The minimum absolute atomic E-state index is 0.0889. The van der Waals surface area contributed by atoms with Crippen molar-refractivity contribution in [2.75, 3.05) is 25.7 Å². The molecule has 0 aromatic heterocycles. The summed E-state index contributed by atoms with van der Waals surface area (Å²) in [7, 11) is -1.62. The largest absolute Gasteiger partial charge is 0.395 e. The SMILES string of the molecule is O=P(O)(O)CN(CP)CCO. The first-order valence-electron chi connectivity index (χ1n) is 3.07. The standard InChI is InChI=1S/C4H13NO4P2/c6-2-1-5(3-10)4-11(7,8)9/h6H,1-4,10H2,(H2,7,8,9). The molecule has 0 spiro atoms. The molecule has 0 aliphatic carbocycles. The van der Waals surface area contributed by atoms with Crippen LogP contribution in [0.4, 0.5) is 0 Å². The zero-order valence-corrected chi connectivity index (χ0v) is 8.10. The monoisotopic (exact) mass is 201 g/mol. The summed E-state index contributed by atoms with van der Waals surface area (Å²) in [5.41, 5.74) is 0. The van der Waals surface area contributed by atoms with Crippen molar-refractivity contribution in [2.24, 2.45) is 0 Å². The average Bonchev–Trinajstić information content (AvgIpc) is 1.84. The number of aliphatic hydroxyl groups is 1. The van der Waals surface area contributed by atoms with Gasteiger partial charge in [0, 0.05) is 12.8 Å². The summed E-state index contributed by atoms with van der Waals surface area (Å²) in [6.07, 6.45) is 0.155. The fraction of sp³-hybridized carbons (Fsp3) is 1.00. The molecule has 0 saturated heterocycles. The van der Waals surface area contributed by atoms with Crippen LogP contribution in [0.25, 0.3) is 0 Å². The topological polar surface area (TPSA) is 81.0 Å². The molecule has 0 saturated carbocycles. The highest BCUT2D eigenvalue weighted by atomic mass is 31.2. The molecule has 7 heteroatoms. The van der Waals surface area contributed by atoms with E-state index >= 15 is 0 Å². The molecule has 0 amide bonds. The lowest BCUT2D eigenvalue weighted by atomic mass is 10.6. The molecule has 68 valence electrons. The lowest BCUT2D eigenvalue weighted by molar-refractivity contribution is 0.222. The van der Waals surface area contributed by atoms with Crippen molar-refractivity contribution >= 4 is 16.8 Å². The molecule has 0 aliphatic heterocycles. The Morgan fingerprint density at radius 3 is 2.27 bits per heavy atom. The van der Waals surface area contributed by atoms with Crippen LogP contribution in [-0.4, -0.2) is 45.5 Å². The lowest BCUT2D eigenvalue weighted by Gasteiger charge is -2.18. The molecule has 0 rings (SSSR count). The maximum absolute atomic E-state index is 10.4. The van der Waals surface area contributed by atoms with Crippen LogP contribution in [0, 0.1) is 0 Å². The average molecular weight is 201 g/mol. The smallest absolute Gasteiger partial charge is 0.339 e. The summed E-state index contributed by atoms with van der Waals surface area (Å²) in [6, 6.07) is 0. The van der Waals surface area contributed by atoms with E-state index in [1.165, 1.54) is 4.90 Å². The molecular formula is C4H13NO4P2. The molecular weight excluding hydrogens is 188 g/mol. The van der Waals surface area contributed by atoms with Gasteiger partial charge in [0.1, 0.15) is 6.29 Å². The summed E-state index contributed by atoms with van der Waals surface area (Å²) in [5, 5.41) is 8.46. The minimum Gasteiger partial charge on any atom is -0.395 e. The number of aliphatic hydroxyl groups excluding tert-OH is 1. The highest BCUT2D eigenvalue weighted by molar-refractivity contribution is 7.51. The molecule has 1 atom stereocenters. The molecule has 1 unspecified atom stereocenters. The maximum Gasteiger partial charge on any atom is 0.339 e. The van der Waals surface area contributed by atoms with Gasteiger partial charge in [0.05, 0.1) is 6.61 Å². The van der Waals surface area contributed by atoms with Crippen molar-refractivity contribution < 1.29 is 19.5 Å². The molecule has 0 aromatic carbocycles. The molecule has 0 aromatic rings. The van der Waals surface area contributed by atoms with Gasteiger partial charge in [-0.05, 0) is 0 Å². The normalized spacial score (nSPS) is 12.5. The number of nitrogens with zero attached hydrogens (tertiary/aromatic N) is 1. The van der Waals surface area contributed by atoms with E-state index in [2.05, 4.69) is 9.24 Å². The van der Waals surface area contributed by atoms with Gasteiger partial charge in [-0.15, -0.1) is 9.24 Å². The Kier molecular flexibility index (Phi) is 5.44. The summed E-state index contributed by atoms with van der Waals surface area (Å²) in [4.78, 5) is 18.5. The van der Waals surface area contributed by atoms with Gasteiger partial charge in [-0.1, -0.05) is 0 Å².